The van der Waals surface area contributed by atoms with E-state index >= 15 is 0 Å². The quantitative estimate of drug-likeness (QED) is 0.196. The van der Waals surface area contributed by atoms with Gasteiger partial charge in [-0.15, -0.1) is 0 Å². The molecule has 3 heteroatoms. The van der Waals surface area contributed by atoms with Gasteiger partial charge in [0.15, 0.2) is 0 Å². The Kier molecular flexibility index (Phi) is 6.38. The van der Waals surface area contributed by atoms with Gasteiger partial charge in [-0.2, -0.15) is 0 Å². The van der Waals surface area contributed by atoms with Gasteiger partial charge in [0.05, 0.1) is 27.8 Å². The van der Waals surface area contributed by atoms with Crippen molar-refractivity contribution >= 4 is 43.7 Å². The largest absolute Gasteiger partial charge is 0.455 e. The summed E-state index contributed by atoms with van der Waals surface area (Å²) in [5, 5.41) is 4.51. The fourth-order valence-electron chi connectivity index (χ4n) is 7.07. The van der Waals surface area contributed by atoms with E-state index in [2.05, 4.69) is 177 Å². The van der Waals surface area contributed by atoms with Crippen molar-refractivity contribution in [2.24, 2.45) is 0 Å². The lowest BCUT2D eigenvalue weighted by Crippen LogP contribution is -2.10. The molecule has 6 aromatic carbocycles. The zero-order valence-electron chi connectivity index (χ0n) is 27.2. The van der Waals surface area contributed by atoms with Gasteiger partial charge in [-0.1, -0.05) is 112 Å². The van der Waals surface area contributed by atoms with Crippen molar-refractivity contribution in [2.75, 3.05) is 0 Å². The Labute approximate surface area is 279 Å². The molecule has 9 rings (SSSR count). The fraction of sp³-hybridized carbons (Fsp3) is 0.0889. The van der Waals surface area contributed by atoms with Crippen LogP contribution in [0.25, 0.3) is 83.1 Å². The van der Waals surface area contributed by atoms with Gasteiger partial charge in [-0.3, -0.25) is 0 Å². The Hall–Kier alpha value is -5.93. The van der Waals surface area contributed by atoms with Crippen LogP contribution in [0.4, 0.5) is 0 Å². The molecule has 230 valence electrons. The summed E-state index contributed by atoms with van der Waals surface area (Å²) >= 11 is 0. The molecule has 3 nitrogen and oxygen atoms in total. The van der Waals surface area contributed by atoms with Crippen molar-refractivity contribution in [3.63, 3.8) is 0 Å². The first-order chi connectivity index (χ1) is 23.4. The van der Waals surface area contributed by atoms with Crippen molar-refractivity contribution in [3.05, 3.63) is 157 Å². The van der Waals surface area contributed by atoms with Gasteiger partial charge >= 0.3 is 0 Å². The van der Waals surface area contributed by atoms with E-state index in [-0.39, 0.29) is 5.41 Å². The first-order valence-corrected chi connectivity index (χ1v) is 16.5. The third-order valence-electron chi connectivity index (χ3n) is 9.56. The molecule has 0 aliphatic rings. The number of aromatic nitrogens is 2. The molecular formula is C45H34N2O. The number of rotatable bonds is 4. The van der Waals surface area contributed by atoms with Gasteiger partial charge in [0.1, 0.15) is 11.2 Å². The van der Waals surface area contributed by atoms with E-state index in [0.29, 0.717) is 0 Å². The van der Waals surface area contributed by atoms with Crippen LogP contribution in [0.2, 0.25) is 0 Å². The molecule has 0 atom stereocenters. The van der Waals surface area contributed by atoms with Crippen molar-refractivity contribution in [2.45, 2.75) is 26.2 Å². The molecule has 0 amide bonds. The molecule has 3 heterocycles. The van der Waals surface area contributed by atoms with E-state index in [1.165, 1.54) is 16.5 Å². The molecule has 0 N–H and O–H groups in total. The van der Waals surface area contributed by atoms with Crippen molar-refractivity contribution < 1.29 is 4.42 Å². The number of fused-ring (bicyclic) bond motifs is 7. The zero-order chi connectivity index (χ0) is 32.4. The van der Waals surface area contributed by atoms with Crippen molar-refractivity contribution in [3.8, 4) is 39.3 Å². The third kappa shape index (κ3) is 4.62. The monoisotopic (exact) mass is 618 g/mol. The summed E-state index contributed by atoms with van der Waals surface area (Å²) in [6.07, 6.45) is 0. The number of pyridine rings is 1. The molecule has 48 heavy (non-hydrogen) atoms. The fourth-order valence-corrected chi connectivity index (χ4v) is 7.07. The number of benzene rings is 6. The lowest BCUT2D eigenvalue weighted by atomic mass is 9.86. The summed E-state index contributed by atoms with van der Waals surface area (Å²) in [6.45, 7) is 6.74. The summed E-state index contributed by atoms with van der Waals surface area (Å²) in [7, 11) is 0. The summed E-state index contributed by atoms with van der Waals surface area (Å²) in [6, 6.07) is 53.9. The maximum absolute atomic E-state index is 6.70. The van der Waals surface area contributed by atoms with E-state index in [0.717, 1.165) is 72.1 Å². The Morgan fingerprint density at radius 3 is 1.92 bits per heavy atom. The molecule has 0 fully saturated rings. The lowest BCUT2D eigenvalue weighted by molar-refractivity contribution is 0.590. The predicted molar refractivity (Wildman–Crippen MR) is 201 cm³/mol. The minimum Gasteiger partial charge on any atom is -0.455 e. The van der Waals surface area contributed by atoms with Crippen LogP contribution in [0.5, 0.6) is 0 Å². The van der Waals surface area contributed by atoms with Crippen LogP contribution in [0.1, 0.15) is 26.3 Å². The van der Waals surface area contributed by atoms with Gasteiger partial charge in [0.2, 0.25) is 0 Å². The van der Waals surface area contributed by atoms with Crippen LogP contribution in [-0.2, 0) is 5.41 Å². The molecule has 3 aromatic heterocycles. The standard InChI is InChI=1S/C45H34N2O/c1-45(2,3)33-21-18-30(19-22-33)38-27-32(29-12-6-4-7-13-29)28-39(46-38)31-20-25-42-37(26-31)35-23-24-41-43(44(35)48-42)36-16-10-11-17-40(36)47(41)34-14-8-5-9-15-34/h4-28H,1-3H3. The minimum absolute atomic E-state index is 0.0911. The number of nitrogens with zero attached hydrogens (tertiary/aromatic N) is 2. The predicted octanol–water partition coefficient (Wildman–Crippen LogP) is 12.4. The molecule has 0 saturated carbocycles. The second kappa shape index (κ2) is 10.8. The van der Waals surface area contributed by atoms with E-state index < -0.39 is 0 Å². The maximum atomic E-state index is 6.70. The molecular weight excluding hydrogens is 585 g/mol. The summed E-state index contributed by atoms with van der Waals surface area (Å²) in [4.78, 5) is 5.26. The van der Waals surface area contributed by atoms with E-state index in [4.69, 9.17) is 9.40 Å². The average molecular weight is 619 g/mol. The van der Waals surface area contributed by atoms with Crippen molar-refractivity contribution in [1.29, 1.82) is 0 Å². The topological polar surface area (TPSA) is 31.0 Å². The summed E-state index contributed by atoms with van der Waals surface area (Å²) in [5.41, 5.74) is 13.0. The van der Waals surface area contributed by atoms with Crippen LogP contribution in [-0.4, -0.2) is 9.55 Å². The number of furan rings is 1. The van der Waals surface area contributed by atoms with Gasteiger partial charge in [-0.05, 0) is 82.8 Å². The smallest absolute Gasteiger partial charge is 0.145 e. The number of para-hydroxylation sites is 2. The maximum Gasteiger partial charge on any atom is 0.145 e. The van der Waals surface area contributed by atoms with Crippen LogP contribution in [0, 0.1) is 0 Å². The SMILES string of the molecule is CC(C)(C)c1ccc(-c2cc(-c3ccccc3)cc(-c3ccc4oc5c(ccc6c5c5ccccc5n6-c5ccccc5)c4c3)n2)cc1. The molecule has 9 aromatic rings. The zero-order valence-corrected chi connectivity index (χ0v) is 27.2. The van der Waals surface area contributed by atoms with E-state index in [9.17, 15) is 0 Å². The molecule has 0 unspecified atom stereocenters. The van der Waals surface area contributed by atoms with Crippen LogP contribution in [0.3, 0.4) is 0 Å². The van der Waals surface area contributed by atoms with Gasteiger partial charge in [-0.25, -0.2) is 4.98 Å². The minimum atomic E-state index is 0.0911. The van der Waals surface area contributed by atoms with Crippen molar-refractivity contribution in [1.82, 2.24) is 9.55 Å². The Bertz CT molecular complexity index is 2620. The van der Waals surface area contributed by atoms with E-state index in [1.54, 1.807) is 0 Å². The highest BCUT2D eigenvalue weighted by Gasteiger charge is 2.20. The molecule has 0 aliphatic heterocycles. The normalized spacial score (nSPS) is 12.1. The van der Waals surface area contributed by atoms with Gasteiger partial charge in [0.25, 0.3) is 0 Å². The van der Waals surface area contributed by atoms with Gasteiger partial charge < -0.3 is 8.98 Å². The second-order valence-electron chi connectivity index (χ2n) is 13.7. The third-order valence-corrected chi connectivity index (χ3v) is 9.56. The highest BCUT2D eigenvalue weighted by molar-refractivity contribution is 6.24. The summed E-state index contributed by atoms with van der Waals surface area (Å²) < 4.78 is 9.04. The molecule has 0 aliphatic carbocycles. The Balaban J connectivity index is 1.24. The Morgan fingerprint density at radius 2 is 1.17 bits per heavy atom. The Morgan fingerprint density at radius 1 is 0.500 bits per heavy atom. The first kappa shape index (κ1) is 28.3. The lowest BCUT2D eigenvalue weighted by Gasteiger charge is -2.19. The van der Waals surface area contributed by atoms with Crippen LogP contribution < -0.4 is 0 Å². The average Bonchev–Trinajstić information content (AvgIpc) is 3.67. The van der Waals surface area contributed by atoms with Crippen LogP contribution in [0.15, 0.2) is 156 Å². The van der Waals surface area contributed by atoms with Crippen LogP contribution >= 0.6 is 0 Å². The molecule has 0 bridgehead atoms. The first-order valence-electron chi connectivity index (χ1n) is 16.5. The highest BCUT2D eigenvalue weighted by atomic mass is 16.3. The molecule has 0 spiro atoms. The van der Waals surface area contributed by atoms with E-state index in [1.807, 2.05) is 0 Å². The second-order valence-corrected chi connectivity index (χ2v) is 13.7. The number of hydrogen-bond donors (Lipinski definition) is 0. The summed E-state index contributed by atoms with van der Waals surface area (Å²) in [5.74, 6) is 0. The molecule has 0 saturated heterocycles. The highest BCUT2D eigenvalue weighted by Crippen LogP contribution is 2.42. The molecule has 0 radical (unpaired) electrons. The van der Waals surface area contributed by atoms with Gasteiger partial charge in [0, 0.05) is 33.0 Å². The number of hydrogen-bond acceptors (Lipinski definition) is 2.